The van der Waals surface area contributed by atoms with E-state index in [-0.39, 0.29) is 11.3 Å². The molecule has 0 spiro atoms. The van der Waals surface area contributed by atoms with E-state index in [2.05, 4.69) is 0 Å². The van der Waals surface area contributed by atoms with E-state index < -0.39 is 11.6 Å². The molecule has 16 heavy (non-hydrogen) atoms. The molecule has 0 saturated carbocycles. The van der Waals surface area contributed by atoms with Crippen LogP contribution in [0.3, 0.4) is 0 Å². The van der Waals surface area contributed by atoms with Crippen LogP contribution in [0, 0.1) is 0 Å². The van der Waals surface area contributed by atoms with Gasteiger partial charge >= 0.3 is 5.97 Å². The van der Waals surface area contributed by atoms with Crippen LogP contribution in [0.25, 0.3) is 0 Å². The van der Waals surface area contributed by atoms with Gasteiger partial charge in [0.1, 0.15) is 16.7 Å². The van der Waals surface area contributed by atoms with Crippen LogP contribution in [0.4, 0.5) is 0 Å². The van der Waals surface area contributed by atoms with Crippen LogP contribution in [0.2, 0.25) is 0 Å². The van der Waals surface area contributed by atoms with Crippen molar-refractivity contribution in [3.8, 4) is 0 Å². The van der Waals surface area contributed by atoms with Gasteiger partial charge in [-0.05, 0) is 20.8 Å². The summed E-state index contributed by atoms with van der Waals surface area (Å²) in [4.78, 5) is 24.8. The van der Waals surface area contributed by atoms with Gasteiger partial charge in [0.05, 0.1) is 6.42 Å². The third kappa shape index (κ3) is 2.22. The lowest BCUT2D eigenvalue weighted by molar-refractivity contribution is -0.156. The first kappa shape index (κ1) is 11.9. The lowest BCUT2D eigenvalue weighted by atomic mass is 10.1. The number of nitrogens with zero attached hydrogens (tertiary/aromatic N) is 1. The van der Waals surface area contributed by atoms with Crippen LogP contribution < -0.4 is 0 Å². The number of carbonyl (C=O) groups is 2. The molecule has 0 aliphatic carbocycles. The highest BCUT2D eigenvalue weighted by atomic mass is 33.1. The van der Waals surface area contributed by atoms with Crippen molar-refractivity contribution in [2.45, 2.75) is 38.2 Å². The maximum absolute atomic E-state index is 11.8. The number of β-lactam (4-membered cyclic amide) rings is 1. The number of ether oxygens (including phenoxy) is 1. The SMILES string of the molecule is CC(C)(C)OC(=O)C1=CSS[C@@H]2CC(=O)N12. The molecule has 2 aliphatic heterocycles. The predicted octanol–water partition coefficient (Wildman–Crippen LogP) is 2.12. The van der Waals surface area contributed by atoms with E-state index in [0.29, 0.717) is 12.1 Å². The van der Waals surface area contributed by atoms with E-state index in [4.69, 9.17) is 4.74 Å². The summed E-state index contributed by atoms with van der Waals surface area (Å²) in [6.45, 7) is 5.43. The van der Waals surface area contributed by atoms with Crippen LogP contribution in [-0.2, 0) is 14.3 Å². The van der Waals surface area contributed by atoms with Gasteiger partial charge in [0.2, 0.25) is 5.91 Å². The minimum Gasteiger partial charge on any atom is -0.455 e. The quantitative estimate of drug-likeness (QED) is 0.410. The number of hydrogen-bond acceptors (Lipinski definition) is 5. The molecule has 0 aromatic rings. The van der Waals surface area contributed by atoms with Gasteiger partial charge in [0, 0.05) is 5.41 Å². The minimum atomic E-state index is -0.531. The van der Waals surface area contributed by atoms with Crippen LogP contribution >= 0.6 is 21.6 Å². The summed E-state index contributed by atoms with van der Waals surface area (Å²) in [6, 6.07) is 0. The summed E-state index contributed by atoms with van der Waals surface area (Å²) in [6.07, 6.45) is 0.512. The van der Waals surface area contributed by atoms with E-state index in [9.17, 15) is 9.59 Å². The molecule has 6 heteroatoms. The maximum atomic E-state index is 11.8. The minimum absolute atomic E-state index is 0.00471. The monoisotopic (exact) mass is 259 g/mol. The molecule has 0 unspecified atom stereocenters. The molecule has 0 aromatic heterocycles. The summed E-state index contributed by atoms with van der Waals surface area (Å²) < 4.78 is 5.25. The normalized spacial score (nSPS) is 24.4. The average molecular weight is 259 g/mol. The second-order valence-electron chi connectivity index (χ2n) is 4.62. The summed E-state index contributed by atoms with van der Waals surface area (Å²) >= 11 is 0. The summed E-state index contributed by atoms with van der Waals surface area (Å²) in [5, 5.41) is 1.79. The first-order valence-corrected chi connectivity index (χ1v) is 7.24. The molecule has 1 saturated heterocycles. The number of hydrogen-bond donors (Lipinski definition) is 0. The topological polar surface area (TPSA) is 46.6 Å². The Bertz CT molecular complexity index is 373. The van der Waals surface area contributed by atoms with Crippen LogP contribution in [0.5, 0.6) is 0 Å². The van der Waals surface area contributed by atoms with Crippen molar-refractivity contribution in [1.82, 2.24) is 4.90 Å². The highest BCUT2D eigenvalue weighted by Crippen LogP contribution is 2.45. The van der Waals surface area contributed by atoms with Crippen molar-refractivity contribution in [2.24, 2.45) is 0 Å². The smallest absolute Gasteiger partial charge is 0.356 e. The Labute approximate surface area is 102 Å². The first-order chi connectivity index (χ1) is 7.38. The fourth-order valence-electron chi connectivity index (χ4n) is 1.42. The third-order valence-corrected chi connectivity index (χ3v) is 4.42. The molecule has 0 aromatic carbocycles. The number of esters is 1. The lowest BCUT2D eigenvalue weighted by Gasteiger charge is -2.42. The zero-order valence-corrected chi connectivity index (χ0v) is 11.0. The number of amides is 1. The molecule has 88 valence electrons. The Morgan fingerprint density at radius 2 is 2.25 bits per heavy atom. The van der Waals surface area contributed by atoms with E-state index in [1.165, 1.54) is 15.7 Å². The van der Waals surface area contributed by atoms with Gasteiger partial charge in [0.15, 0.2) is 0 Å². The number of carbonyl (C=O) groups excluding carboxylic acids is 2. The molecule has 0 N–H and O–H groups in total. The largest absolute Gasteiger partial charge is 0.455 e. The Morgan fingerprint density at radius 1 is 1.56 bits per heavy atom. The van der Waals surface area contributed by atoms with E-state index in [0.717, 1.165) is 0 Å². The standard InChI is InChI=1S/C10H13NO3S2/c1-10(2,3)14-9(13)6-5-15-16-8-4-7(12)11(6)8/h5,8H,4H2,1-3H3/t8-/m1/s1. The van der Waals surface area contributed by atoms with Gasteiger partial charge in [-0.2, -0.15) is 0 Å². The van der Waals surface area contributed by atoms with E-state index in [1.54, 1.807) is 16.2 Å². The molecule has 2 heterocycles. The fraction of sp³-hybridized carbons (Fsp3) is 0.600. The molecule has 1 atom stereocenters. The van der Waals surface area contributed by atoms with Gasteiger partial charge in [-0.1, -0.05) is 21.6 Å². The molecule has 2 rings (SSSR count). The first-order valence-electron chi connectivity index (χ1n) is 4.96. The van der Waals surface area contributed by atoms with Crippen LogP contribution in [0.1, 0.15) is 27.2 Å². The van der Waals surface area contributed by atoms with Crippen molar-refractivity contribution in [1.29, 1.82) is 0 Å². The fourth-order valence-corrected chi connectivity index (χ4v) is 3.72. The zero-order chi connectivity index (χ0) is 11.9. The Balaban J connectivity index is 2.11. The second-order valence-corrected chi connectivity index (χ2v) is 6.94. The van der Waals surface area contributed by atoms with Crippen LogP contribution in [0.15, 0.2) is 11.1 Å². The molecule has 2 aliphatic rings. The number of fused-ring (bicyclic) bond motifs is 1. The summed E-state index contributed by atoms with van der Waals surface area (Å²) in [5.41, 5.74) is -0.156. The Morgan fingerprint density at radius 3 is 2.81 bits per heavy atom. The van der Waals surface area contributed by atoms with Crippen molar-refractivity contribution >= 4 is 33.5 Å². The summed E-state index contributed by atoms with van der Waals surface area (Å²) in [5.74, 6) is -0.423. The van der Waals surface area contributed by atoms with Gasteiger partial charge in [-0.25, -0.2) is 4.79 Å². The van der Waals surface area contributed by atoms with E-state index in [1.807, 2.05) is 20.8 Å². The van der Waals surface area contributed by atoms with Gasteiger partial charge in [0.25, 0.3) is 0 Å². The molecule has 0 bridgehead atoms. The third-order valence-electron chi connectivity index (χ3n) is 2.10. The summed E-state index contributed by atoms with van der Waals surface area (Å²) in [7, 11) is 3.08. The Kier molecular flexibility index (Phi) is 2.96. The maximum Gasteiger partial charge on any atom is 0.356 e. The highest BCUT2D eigenvalue weighted by Gasteiger charge is 2.44. The molecule has 0 radical (unpaired) electrons. The Hall–Kier alpha value is -0.620. The molecular weight excluding hydrogens is 246 g/mol. The van der Waals surface area contributed by atoms with Gasteiger partial charge in [-0.15, -0.1) is 0 Å². The van der Waals surface area contributed by atoms with Crippen molar-refractivity contribution in [2.75, 3.05) is 0 Å². The van der Waals surface area contributed by atoms with Crippen LogP contribution in [-0.4, -0.2) is 27.8 Å². The lowest BCUT2D eigenvalue weighted by Crippen LogP contribution is -2.52. The van der Waals surface area contributed by atoms with Gasteiger partial charge in [-0.3, -0.25) is 9.69 Å². The second kappa shape index (κ2) is 4.00. The average Bonchev–Trinajstić information content (AvgIpc) is 2.12. The molecular formula is C10H13NO3S2. The highest BCUT2D eigenvalue weighted by molar-refractivity contribution is 8.78. The molecule has 4 nitrogen and oxygen atoms in total. The van der Waals surface area contributed by atoms with Crippen molar-refractivity contribution in [3.05, 3.63) is 11.1 Å². The predicted molar refractivity (Wildman–Crippen MR) is 64.4 cm³/mol. The number of rotatable bonds is 1. The molecule has 1 fully saturated rings. The zero-order valence-electron chi connectivity index (χ0n) is 9.35. The van der Waals surface area contributed by atoms with Crippen molar-refractivity contribution < 1.29 is 14.3 Å². The van der Waals surface area contributed by atoms with E-state index >= 15 is 0 Å². The molecule has 1 amide bonds. The van der Waals surface area contributed by atoms with Crippen molar-refractivity contribution in [3.63, 3.8) is 0 Å². The van der Waals surface area contributed by atoms with Gasteiger partial charge < -0.3 is 4.74 Å².